The molecular weight excluding hydrogens is 364 g/mol. The molecule has 1 fully saturated rings. The van der Waals surface area contributed by atoms with E-state index in [4.69, 9.17) is 4.74 Å². The minimum absolute atomic E-state index is 0.0343. The molecule has 2 atom stereocenters. The highest BCUT2D eigenvalue weighted by molar-refractivity contribution is 7.89. The number of hydrogen-bond donors (Lipinski definition) is 2. The van der Waals surface area contributed by atoms with Crippen LogP contribution in [0.25, 0.3) is 0 Å². The lowest BCUT2D eigenvalue weighted by Crippen LogP contribution is -2.43. The fraction of sp³-hybridized carbons (Fsp3) is 0.500. The summed E-state index contributed by atoms with van der Waals surface area (Å²) in [5, 5.41) is 12.4. The van der Waals surface area contributed by atoms with Crippen molar-refractivity contribution in [3.8, 4) is 5.75 Å². The largest absolute Gasteiger partial charge is 0.508 e. The number of nitrogens with zero attached hydrogens (tertiary/aromatic N) is 1. The first-order valence-electron chi connectivity index (χ1n) is 7.85. The number of carbonyl (C=O) groups is 2. The van der Waals surface area contributed by atoms with Crippen LogP contribution in [0.3, 0.4) is 0 Å². The molecule has 0 aromatic heterocycles. The molecule has 1 aliphatic heterocycles. The Bertz CT molecular complexity index is 792. The lowest BCUT2D eigenvalue weighted by Gasteiger charge is -2.21. The summed E-state index contributed by atoms with van der Waals surface area (Å²) in [5.74, 6) is -2.04. The van der Waals surface area contributed by atoms with Gasteiger partial charge in [-0.2, -0.15) is 0 Å². The number of nitrogens with one attached hydrogen (secondary N) is 1. The van der Waals surface area contributed by atoms with Crippen LogP contribution in [0.1, 0.15) is 20.7 Å². The van der Waals surface area contributed by atoms with E-state index < -0.39 is 33.9 Å². The Hall–Kier alpha value is -2.17. The Morgan fingerprint density at radius 1 is 1.27 bits per heavy atom. The van der Waals surface area contributed by atoms with Gasteiger partial charge in [0.1, 0.15) is 5.75 Å². The first-order valence-corrected chi connectivity index (χ1v) is 9.46. The van der Waals surface area contributed by atoms with Gasteiger partial charge in [0, 0.05) is 25.6 Å². The van der Waals surface area contributed by atoms with Crippen molar-refractivity contribution >= 4 is 21.9 Å². The Morgan fingerprint density at radius 3 is 2.54 bits per heavy atom. The molecule has 144 valence electrons. The van der Waals surface area contributed by atoms with Gasteiger partial charge in [-0.3, -0.25) is 4.79 Å². The number of hydrogen-bond acceptors (Lipinski definition) is 7. The van der Waals surface area contributed by atoms with E-state index in [-0.39, 0.29) is 35.8 Å². The maximum absolute atomic E-state index is 12.5. The minimum Gasteiger partial charge on any atom is -0.508 e. The van der Waals surface area contributed by atoms with E-state index in [1.807, 2.05) is 0 Å². The third-order valence-corrected chi connectivity index (χ3v) is 6.06. The molecule has 0 aliphatic carbocycles. The van der Waals surface area contributed by atoms with Gasteiger partial charge in [-0.25, -0.2) is 17.5 Å². The number of rotatable bonds is 6. The molecule has 1 aromatic carbocycles. The fourth-order valence-corrected chi connectivity index (χ4v) is 3.74. The molecule has 0 saturated carbocycles. The third-order valence-electron chi connectivity index (χ3n) is 4.10. The van der Waals surface area contributed by atoms with Crippen LogP contribution in [0.2, 0.25) is 0 Å². The van der Waals surface area contributed by atoms with E-state index in [1.54, 1.807) is 0 Å². The van der Waals surface area contributed by atoms with E-state index in [9.17, 15) is 23.1 Å². The Labute approximate surface area is 151 Å². The number of phenolic OH excluding ortho intramolecular Hbond substituents is 1. The van der Waals surface area contributed by atoms with E-state index in [0.29, 0.717) is 0 Å². The van der Waals surface area contributed by atoms with Crippen LogP contribution in [0.4, 0.5) is 0 Å². The van der Waals surface area contributed by atoms with Gasteiger partial charge in [0.05, 0.1) is 37.7 Å². The second kappa shape index (κ2) is 8.02. The summed E-state index contributed by atoms with van der Waals surface area (Å²) in [6.45, 7) is 0.396. The smallest absolute Gasteiger partial charge is 0.338 e. The minimum atomic E-state index is -3.44. The lowest BCUT2D eigenvalue weighted by molar-refractivity contribution is 0.0600. The van der Waals surface area contributed by atoms with Crippen LogP contribution >= 0.6 is 0 Å². The summed E-state index contributed by atoms with van der Waals surface area (Å²) in [5.41, 5.74) is 0.0959. The summed E-state index contributed by atoms with van der Waals surface area (Å²) in [6.07, 6.45) is 0. The molecule has 1 aromatic rings. The number of benzene rings is 1. The van der Waals surface area contributed by atoms with Gasteiger partial charge < -0.3 is 19.9 Å². The molecule has 2 N–H and O–H groups in total. The van der Waals surface area contributed by atoms with Crippen LogP contribution in [-0.2, 0) is 19.5 Å². The van der Waals surface area contributed by atoms with Crippen LogP contribution in [0, 0.1) is 5.92 Å². The Morgan fingerprint density at radius 2 is 1.92 bits per heavy atom. The molecule has 10 heteroatoms. The van der Waals surface area contributed by atoms with Crippen LogP contribution < -0.4 is 5.32 Å². The monoisotopic (exact) mass is 386 g/mol. The second-order valence-corrected chi connectivity index (χ2v) is 8.43. The summed E-state index contributed by atoms with van der Waals surface area (Å²) in [4.78, 5) is 24.1. The van der Waals surface area contributed by atoms with E-state index in [0.717, 1.165) is 4.31 Å². The molecule has 9 nitrogen and oxygen atoms in total. The van der Waals surface area contributed by atoms with Crippen molar-refractivity contribution in [2.45, 2.75) is 6.04 Å². The van der Waals surface area contributed by atoms with Crippen molar-refractivity contribution < 1.29 is 32.6 Å². The molecule has 26 heavy (non-hydrogen) atoms. The number of esters is 1. The van der Waals surface area contributed by atoms with Crippen LogP contribution in [0.5, 0.6) is 5.75 Å². The van der Waals surface area contributed by atoms with Crippen LogP contribution in [-0.4, -0.2) is 75.9 Å². The molecule has 0 radical (unpaired) electrons. The number of aromatic hydroxyl groups is 1. The molecular formula is C16H22N2O7S. The van der Waals surface area contributed by atoms with Gasteiger partial charge >= 0.3 is 5.97 Å². The summed E-state index contributed by atoms with van der Waals surface area (Å²) in [7, 11) is 0.639. The predicted octanol–water partition coefficient (Wildman–Crippen LogP) is -0.185. The number of amides is 1. The third kappa shape index (κ3) is 4.71. The molecule has 0 bridgehead atoms. The standard InChI is InChI=1S/C16H22N2O7S/c1-18(2)26(22,23)9-12-7-25-8-14(12)17-15(20)10-4-11(16(21)24-3)6-13(19)5-10/h4-6,12,14,19H,7-9H2,1-3H3,(H,17,20)/t12-,14+/m0/s1. The zero-order chi connectivity index (χ0) is 19.5. The van der Waals surface area contributed by atoms with Gasteiger partial charge in [0.2, 0.25) is 10.0 Å². The van der Waals surface area contributed by atoms with E-state index >= 15 is 0 Å². The topological polar surface area (TPSA) is 122 Å². The first-order chi connectivity index (χ1) is 12.1. The van der Waals surface area contributed by atoms with Gasteiger partial charge in [0.15, 0.2) is 0 Å². The Balaban J connectivity index is 2.14. The Kier molecular flexibility index (Phi) is 6.21. The maximum atomic E-state index is 12.5. The first kappa shape index (κ1) is 20.1. The second-order valence-electron chi connectivity index (χ2n) is 6.20. The number of carbonyl (C=O) groups excluding carboxylic acids is 2. The van der Waals surface area contributed by atoms with Crippen molar-refractivity contribution in [3.05, 3.63) is 29.3 Å². The number of sulfonamides is 1. The summed E-state index contributed by atoms with van der Waals surface area (Å²) < 4.78 is 35.1. The molecule has 0 spiro atoms. The average molecular weight is 386 g/mol. The van der Waals surface area contributed by atoms with Gasteiger partial charge in [-0.15, -0.1) is 0 Å². The lowest BCUT2D eigenvalue weighted by atomic mass is 10.0. The van der Waals surface area contributed by atoms with Gasteiger partial charge in [-0.05, 0) is 18.2 Å². The molecule has 2 rings (SSSR count). The quantitative estimate of drug-likeness (QED) is 0.650. The maximum Gasteiger partial charge on any atom is 0.338 e. The summed E-state index contributed by atoms with van der Waals surface area (Å²) in [6, 6.07) is 3.19. The number of phenols is 1. The molecule has 1 saturated heterocycles. The average Bonchev–Trinajstić information content (AvgIpc) is 2.99. The summed E-state index contributed by atoms with van der Waals surface area (Å²) >= 11 is 0. The predicted molar refractivity (Wildman–Crippen MR) is 92.5 cm³/mol. The van der Waals surface area contributed by atoms with E-state index in [1.165, 1.54) is 39.4 Å². The van der Waals surface area contributed by atoms with E-state index in [2.05, 4.69) is 10.1 Å². The fourth-order valence-electron chi connectivity index (χ4n) is 2.57. The normalized spacial score (nSPS) is 20.2. The molecule has 1 amide bonds. The van der Waals surface area contributed by atoms with Crippen molar-refractivity contribution in [2.24, 2.45) is 5.92 Å². The van der Waals surface area contributed by atoms with Crippen molar-refractivity contribution in [1.82, 2.24) is 9.62 Å². The number of methoxy groups -OCH3 is 1. The van der Waals surface area contributed by atoms with Crippen LogP contribution in [0.15, 0.2) is 18.2 Å². The zero-order valence-electron chi connectivity index (χ0n) is 14.8. The molecule has 1 aliphatic rings. The highest BCUT2D eigenvalue weighted by Gasteiger charge is 2.34. The molecule has 0 unspecified atom stereocenters. The van der Waals surface area contributed by atoms with Crippen molar-refractivity contribution in [3.63, 3.8) is 0 Å². The highest BCUT2D eigenvalue weighted by atomic mass is 32.2. The highest BCUT2D eigenvalue weighted by Crippen LogP contribution is 2.20. The SMILES string of the molecule is COC(=O)c1cc(O)cc(C(=O)N[C@@H]2COC[C@H]2CS(=O)(=O)N(C)C)c1. The zero-order valence-corrected chi connectivity index (χ0v) is 15.6. The molecule has 1 heterocycles. The van der Waals surface area contributed by atoms with Crippen molar-refractivity contribution in [1.29, 1.82) is 0 Å². The van der Waals surface area contributed by atoms with Gasteiger partial charge in [0.25, 0.3) is 5.91 Å². The number of ether oxygens (including phenoxy) is 2. The van der Waals surface area contributed by atoms with Gasteiger partial charge in [-0.1, -0.05) is 0 Å². The van der Waals surface area contributed by atoms with Crippen molar-refractivity contribution in [2.75, 3.05) is 40.2 Å².